The third kappa shape index (κ3) is 5.88. The highest BCUT2D eigenvalue weighted by molar-refractivity contribution is 5.91. The second kappa shape index (κ2) is 6.22. The Morgan fingerprint density at radius 1 is 1.47 bits per heavy atom. The van der Waals surface area contributed by atoms with Crippen molar-refractivity contribution in [1.82, 2.24) is 10.3 Å². The molecule has 1 heterocycles. The lowest BCUT2D eigenvalue weighted by Gasteiger charge is -2.17. The van der Waals surface area contributed by atoms with Crippen molar-refractivity contribution in [1.29, 1.82) is 0 Å². The highest BCUT2D eigenvalue weighted by atomic mass is 16.3. The summed E-state index contributed by atoms with van der Waals surface area (Å²) >= 11 is 0. The molecule has 0 aromatic carbocycles. The van der Waals surface area contributed by atoms with Gasteiger partial charge in [0.2, 0.25) is 0 Å². The van der Waals surface area contributed by atoms with E-state index in [0.29, 0.717) is 12.2 Å². The van der Waals surface area contributed by atoms with Gasteiger partial charge in [0.25, 0.3) is 5.91 Å². The molecule has 0 saturated carbocycles. The number of nitrogens with one attached hydrogen (secondary N) is 1. The van der Waals surface area contributed by atoms with Gasteiger partial charge in [-0.15, -0.1) is 0 Å². The molecule has 1 aromatic rings. The Hall–Kier alpha value is -1.32. The van der Waals surface area contributed by atoms with Crippen LogP contribution in [-0.4, -0.2) is 17.4 Å². The number of hydrogen-bond acceptors (Lipinski definition) is 3. The van der Waals surface area contributed by atoms with E-state index in [4.69, 9.17) is 4.42 Å². The van der Waals surface area contributed by atoms with Gasteiger partial charge in [-0.3, -0.25) is 4.79 Å². The SMILES string of the molecule is CC.CC(C)(C)CNC(=O)c1cocn1. The predicted octanol–water partition coefficient (Wildman–Crippen LogP) is 2.48. The Bertz CT molecular complexity index is 273. The van der Waals surface area contributed by atoms with Crippen molar-refractivity contribution in [2.45, 2.75) is 34.6 Å². The summed E-state index contributed by atoms with van der Waals surface area (Å²) in [6, 6.07) is 0. The van der Waals surface area contributed by atoms with E-state index >= 15 is 0 Å². The molecular formula is C11H20N2O2. The summed E-state index contributed by atoms with van der Waals surface area (Å²) in [7, 11) is 0. The minimum Gasteiger partial charge on any atom is -0.451 e. The first-order valence-corrected chi connectivity index (χ1v) is 5.15. The summed E-state index contributed by atoms with van der Waals surface area (Å²) in [5.41, 5.74) is 0.406. The number of rotatable bonds is 2. The molecule has 4 nitrogen and oxygen atoms in total. The average Bonchev–Trinajstić information content (AvgIpc) is 2.69. The molecule has 0 fully saturated rings. The fourth-order valence-electron chi connectivity index (χ4n) is 0.761. The van der Waals surface area contributed by atoms with Crippen molar-refractivity contribution in [3.05, 3.63) is 18.4 Å². The fourth-order valence-corrected chi connectivity index (χ4v) is 0.761. The van der Waals surface area contributed by atoms with Crippen molar-refractivity contribution in [3.8, 4) is 0 Å². The topological polar surface area (TPSA) is 55.1 Å². The van der Waals surface area contributed by atoms with E-state index < -0.39 is 0 Å². The molecule has 4 heteroatoms. The van der Waals surface area contributed by atoms with Gasteiger partial charge in [-0.05, 0) is 5.41 Å². The van der Waals surface area contributed by atoms with Crippen molar-refractivity contribution >= 4 is 5.91 Å². The number of oxazole rings is 1. The lowest BCUT2D eigenvalue weighted by Crippen LogP contribution is -2.32. The van der Waals surface area contributed by atoms with Crippen LogP contribution in [0.15, 0.2) is 17.1 Å². The Kier molecular flexibility index (Phi) is 5.67. The number of amides is 1. The second-order valence-electron chi connectivity index (χ2n) is 4.12. The normalized spacial score (nSPS) is 10.2. The summed E-state index contributed by atoms with van der Waals surface area (Å²) in [5, 5.41) is 2.76. The number of carbonyl (C=O) groups excluding carboxylic acids is 1. The molecule has 0 unspecified atom stereocenters. The molecule has 0 spiro atoms. The third-order valence-corrected chi connectivity index (χ3v) is 1.44. The van der Waals surface area contributed by atoms with Crippen LogP contribution in [0.25, 0.3) is 0 Å². The summed E-state index contributed by atoms with van der Waals surface area (Å²) in [6.45, 7) is 10.8. The molecular weight excluding hydrogens is 192 g/mol. The average molecular weight is 212 g/mol. The van der Waals surface area contributed by atoms with Crippen molar-refractivity contribution < 1.29 is 9.21 Å². The summed E-state index contributed by atoms with van der Waals surface area (Å²) in [6.07, 6.45) is 2.57. The smallest absolute Gasteiger partial charge is 0.273 e. The van der Waals surface area contributed by atoms with Crippen molar-refractivity contribution in [3.63, 3.8) is 0 Å². The van der Waals surface area contributed by atoms with Crippen LogP contribution in [0.5, 0.6) is 0 Å². The molecule has 1 rings (SSSR count). The van der Waals surface area contributed by atoms with Crippen LogP contribution in [-0.2, 0) is 0 Å². The van der Waals surface area contributed by atoms with Gasteiger partial charge in [0, 0.05) is 6.54 Å². The molecule has 0 aliphatic heterocycles. The van der Waals surface area contributed by atoms with E-state index in [1.54, 1.807) is 0 Å². The van der Waals surface area contributed by atoms with Crippen LogP contribution in [0.2, 0.25) is 0 Å². The molecule has 0 bridgehead atoms. The Morgan fingerprint density at radius 3 is 2.47 bits per heavy atom. The minimum atomic E-state index is -0.191. The quantitative estimate of drug-likeness (QED) is 0.819. The third-order valence-electron chi connectivity index (χ3n) is 1.44. The van der Waals surface area contributed by atoms with E-state index in [-0.39, 0.29) is 11.3 Å². The summed E-state index contributed by atoms with van der Waals surface area (Å²) in [5.74, 6) is -0.191. The second-order valence-corrected chi connectivity index (χ2v) is 4.12. The van der Waals surface area contributed by atoms with E-state index in [9.17, 15) is 4.79 Å². The van der Waals surface area contributed by atoms with Gasteiger partial charge in [0.1, 0.15) is 6.26 Å². The van der Waals surface area contributed by atoms with Crippen LogP contribution >= 0.6 is 0 Å². The number of nitrogens with zero attached hydrogens (tertiary/aromatic N) is 1. The molecule has 0 saturated heterocycles. The van der Waals surface area contributed by atoms with Gasteiger partial charge in [0.15, 0.2) is 12.1 Å². The Balaban J connectivity index is 0.000000921. The van der Waals surface area contributed by atoms with Gasteiger partial charge in [-0.25, -0.2) is 4.98 Å². The molecule has 0 aliphatic carbocycles. The van der Waals surface area contributed by atoms with Crippen LogP contribution < -0.4 is 5.32 Å². The van der Waals surface area contributed by atoms with Crippen LogP contribution in [0, 0.1) is 5.41 Å². The first-order chi connectivity index (χ1) is 6.99. The van der Waals surface area contributed by atoms with Crippen LogP contribution in [0.3, 0.4) is 0 Å². The fraction of sp³-hybridized carbons (Fsp3) is 0.636. The van der Waals surface area contributed by atoms with Gasteiger partial charge < -0.3 is 9.73 Å². The van der Waals surface area contributed by atoms with E-state index in [1.165, 1.54) is 12.7 Å². The molecule has 1 aromatic heterocycles. The zero-order valence-electron chi connectivity index (χ0n) is 10.1. The van der Waals surface area contributed by atoms with Crippen molar-refractivity contribution in [2.75, 3.05) is 6.54 Å². The van der Waals surface area contributed by atoms with Gasteiger partial charge >= 0.3 is 0 Å². The van der Waals surface area contributed by atoms with E-state index in [0.717, 1.165) is 0 Å². The molecule has 15 heavy (non-hydrogen) atoms. The summed E-state index contributed by atoms with van der Waals surface area (Å²) in [4.78, 5) is 15.1. The molecule has 0 aliphatic rings. The molecule has 1 amide bonds. The van der Waals surface area contributed by atoms with Crippen molar-refractivity contribution in [2.24, 2.45) is 5.41 Å². The zero-order chi connectivity index (χ0) is 11.9. The predicted molar refractivity (Wildman–Crippen MR) is 59.6 cm³/mol. The Morgan fingerprint density at radius 2 is 2.07 bits per heavy atom. The molecule has 0 radical (unpaired) electrons. The highest BCUT2D eigenvalue weighted by Crippen LogP contribution is 2.10. The number of aromatic nitrogens is 1. The maximum Gasteiger partial charge on any atom is 0.273 e. The molecule has 0 atom stereocenters. The maximum absolute atomic E-state index is 11.3. The minimum absolute atomic E-state index is 0.0827. The summed E-state index contributed by atoms with van der Waals surface area (Å²) < 4.78 is 4.70. The highest BCUT2D eigenvalue weighted by Gasteiger charge is 2.14. The van der Waals surface area contributed by atoms with Crippen LogP contribution in [0.1, 0.15) is 45.1 Å². The monoisotopic (exact) mass is 212 g/mol. The lowest BCUT2D eigenvalue weighted by molar-refractivity contribution is 0.0934. The molecule has 86 valence electrons. The van der Waals surface area contributed by atoms with Gasteiger partial charge in [-0.1, -0.05) is 34.6 Å². The van der Waals surface area contributed by atoms with E-state index in [1.807, 2.05) is 13.8 Å². The molecule has 1 N–H and O–H groups in total. The first-order valence-electron chi connectivity index (χ1n) is 5.15. The lowest BCUT2D eigenvalue weighted by atomic mass is 9.97. The van der Waals surface area contributed by atoms with Gasteiger partial charge in [-0.2, -0.15) is 0 Å². The zero-order valence-corrected chi connectivity index (χ0v) is 10.1. The van der Waals surface area contributed by atoms with Gasteiger partial charge in [0.05, 0.1) is 0 Å². The Labute approximate surface area is 91.1 Å². The van der Waals surface area contributed by atoms with Crippen LogP contribution in [0.4, 0.5) is 0 Å². The first kappa shape index (κ1) is 13.7. The standard InChI is InChI=1S/C9H14N2O2.C2H6/c1-9(2,3)5-10-8(12)7-4-13-6-11-7;1-2/h4,6H,5H2,1-3H3,(H,10,12);1-2H3. The largest absolute Gasteiger partial charge is 0.451 e. The maximum atomic E-state index is 11.3. The van der Waals surface area contributed by atoms with E-state index in [2.05, 4.69) is 31.1 Å². The number of carbonyl (C=O) groups is 1. The number of hydrogen-bond donors (Lipinski definition) is 1.